The molecule has 3 rings (SSSR count). The van der Waals surface area contributed by atoms with E-state index in [1.165, 1.54) is 10.9 Å². The third kappa shape index (κ3) is 4.75. The van der Waals surface area contributed by atoms with Crippen molar-refractivity contribution in [1.82, 2.24) is 10.3 Å². The number of para-hydroxylation sites is 1. The number of fused-ring (bicyclic) bond motifs is 1. The van der Waals surface area contributed by atoms with Gasteiger partial charge in [-0.3, -0.25) is 4.79 Å². The molecule has 0 spiro atoms. The van der Waals surface area contributed by atoms with Crippen LogP contribution in [0.15, 0.2) is 48.7 Å². The first kappa shape index (κ1) is 20.4. The highest BCUT2D eigenvalue weighted by atomic mass is 35.5. The Bertz CT molecular complexity index is 918. The predicted octanol–water partition coefficient (Wildman–Crippen LogP) is 5.06. The molecule has 1 atom stereocenters. The molecule has 28 heavy (non-hydrogen) atoms. The summed E-state index contributed by atoms with van der Waals surface area (Å²) in [6.45, 7) is 3.41. The molecule has 3 aromatic rings. The van der Waals surface area contributed by atoms with Crippen molar-refractivity contribution < 1.29 is 9.53 Å². The van der Waals surface area contributed by atoms with Gasteiger partial charge in [-0.2, -0.15) is 0 Å². The Balaban J connectivity index is 1.91. The number of amides is 1. The minimum Gasteiger partial charge on any atom is -0.385 e. The van der Waals surface area contributed by atoms with E-state index in [1.54, 1.807) is 7.11 Å². The molecule has 0 aliphatic carbocycles. The van der Waals surface area contributed by atoms with Crippen molar-refractivity contribution in [2.24, 2.45) is 0 Å². The molecular weight excluding hydrogens is 372 g/mol. The molecule has 0 unspecified atom stereocenters. The summed E-state index contributed by atoms with van der Waals surface area (Å²) in [4.78, 5) is 16.1. The van der Waals surface area contributed by atoms with Crippen LogP contribution < -0.4 is 5.32 Å². The van der Waals surface area contributed by atoms with Gasteiger partial charge >= 0.3 is 0 Å². The Hall–Kier alpha value is -2.30. The van der Waals surface area contributed by atoms with Crippen molar-refractivity contribution in [2.75, 3.05) is 20.3 Å². The van der Waals surface area contributed by atoms with E-state index in [4.69, 9.17) is 16.3 Å². The lowest BCUT2D eigenvalue weighted by Gasteiger charge is -2.17. The second-order valence-corrected chi connectivity index (χ2v) is 7.38. The van der Waals surface area contributed by atoms with Crippen LogP contribution in [0.25, 0.3) is 10.9 Å². The van der Waals surface area contributed by atoms with Crippen molar-refractivity contribution in [3.05, 3.63) is 70.4 Å². The van der Waals surface area contributed by atoms with Gasteiger partial charge in [0.2, 0.25) is 5.91 Å². The highest BCUT2D eigenvalue weighted by Crippen LogP contribution is 2.35. The van der Waals surface area contributed by atoms with Gasteiger partial charge in [0.1, 0.15) is 0 Å². The number of methoxy groups -OCH3 is 1. The number of H-pyrrole nitrogens is 1. The highest BCUT2D eigenvalue weighted by Gasteiger charge is 2.22. The van der Waals surface area contributed by atoms with Gasteiger partial charge in [-0.05, 0) is 41.7 Å². The maximum atomic E-state index is 12.6. The maximum absolute atomic E-state index is 12.6. The molecule has 0 aliphatic heterocycles. The summed E-state index contributed by atoms with van der Waals surface area (Å²) >= 11 is 6.08. The van der Waals surface area contributed by atoms with Gasteiger partial charge < -0.3 is 15.0 Å². The van der Waals surface area contributed by atoms with Crippen molar-refractivity contribution in [2.45, 2.75) is 32.1 Å². The van der Waals surface area contributed by atoms with E-state index in [9.17, 15) is 4.79 Å². The molecule has 0 radical (unpaired) electrons. The van der Waals surface area contributed by atoms with E-state index in [2.05, 4.69) is 35.4 Å². The van der Waals surface area contributed by atoms with E-state index in [0.717, 1.165) is 29.5 Å². The van der Waals surface area contributed by atoms with E-state index < -0.39 is 0 Å². The molecule has 5 heteroatoms. The lowest BCUT2D eigenvalue weighted by atomic mass is 9.87. The fraction of sp³-hybridized carbons (Fsp3) is 0.348. The maximum Gasteiger partial charge on any atom is 0.220 e. The standard InChI is InChI=1S/C23H27ClN2O2/c1-3-16-6-4-7-19-21(15-26-23(16)19)20(17-8-10-18(24)11-9-17)14-22(27)25-12-5-13-28-2/h4,6-11,15,20,26H,3,5,12-14H2,1-2H3,(H,25,27)/t20-/m1/s1. The number of nitrogens with one attached hydrogen (secondary N) is 2. The summed E-state index contributed by atoms with van der Waals surface area (Å²) in [7, 11) is 1.67. The van der Waals surface area contributed by atoms with Crippen LogP contribution in [0.4, 0.5) is 0 Å². The van der Waals surface area contributed by atoms with Crippen molar-refractivity contribution in [3.8, 4) is 0 Å². The summed E-state index contributed by atoms with van der Waals surface area (Å²) in [6.07, 6.45) is 4.20. The molecule has 2 N–H and O–H groups in total. The number of carbonyl (C=O) groups excluding carboxylic acids is 1. The first-order chi connectivity index (χ1) is 13.6. The summed E-state index contributed by atoms with van der Waals surface area (Å²) in [6, 6.07) is 14.1. The number of aromatic amines is 1. The monoisotopic (exact) mass is 398 g/mol. The van der Waals surface area contributed by atoms with Gasteiger partial charge in [0.25, 0.3) is 0 Å². The second-order valence-electron chi connectivity index (χ2n) is 6.94. The van der Waals surface area contributed by atoms with Gasteiger partial charge in [0.05, 0.1) is 0 Å². The first-order valence-corrected chi connectivity index (χ1v) is 10.1. The smallest absolute Gasteiger partial charge is 0.220 e. The molecule has 0 aliphatic rings. The molecule has 0 saturated carbocycles. The van der Waals surface area contributed by atoms with Gasteiger partial charge in [-0.15, -0.1) is 0 Å². The quantitative estimate of drug-likeness (QED) is 0.495. The zero-order valence-electron chi connectivity index (χ0n) is 16.4. The number of ether oxygens (including phenoxy) is 1. The molecule has 2 aromatic carbocycles. The molecule has 0 saturated heterocycles. The Labute approximate surface area is 171 Å². The molecule has 0 fully saturated rings. The van der Waals surface area contributed by atoms with Crippen LogP contribution in [0, 0.1) is 0 Å². The molecule has 1 aromatic heterocycles. The number of benzene rings is 2. The molecule has 4 nitrogen and oxygen atoms in total. The highest BCUT2D eigenvalue weighted by molar-refractivity contribution is 6.30. The number of hydrogen-bond acceptors (Lipinski definition) is 2. The summed E-state index contributed by atoms with van der Waals surface area (Å²) in [5.74, 6) is -0.00222. The minimum atomic E-state index is -0.0412. The van der Waals surface area contributed by atoms with Crippen LogP contribution in [-0.4, -0.2) is 31.2 Å². The van der Waals surface area contributed by atoms with Crippen LogP contribution in [0.2, 0.25) is 5.02 Å². The third-order valence-corrected chi connectivity index (χ3v) is 5.35. The van der Waals surface area contributed by atoms with Gasteiger partial charge in [0.15, 0.2) is 0 Å². The van der Waals surface area contributed by atoms with Crippen LogP contribution in [0.1, 0.15) is 42.4 Å². The van der Waals surface area contributed by atoms with Gasteiger partial charge in [-0.25, -0.2) is 0 Å². The fourth-order valence-electron chi connectivity index (χ4n) is 3.63. The van der Waals surface area contributed by atoms with E-state index >= 15 is 0 Å². The van der Waals surface area contributed by atoms with Gasteiger partial charge in [-0.1, -0.05) is 48.9 Å². The lowest BCUT2D eigenvalue weighted by Crippen LogP contribution is -2.27. The van der Waals surface area contributed by atoms with E-state index in [1.807, 2.05) is 30.5 Å². The van der Waals surface area contributed by atoms with E-state index in [0.29, 0.717) is 24.6 Å². The Morgan fingerprint density at radius 1 is 1.21 bits per heavy atom. The van der Waals surface area contributed by atoms with Crippen molar-refractivity contribution >= 4 is 28.4 Å². The molecule has 0 bridgehead atoms. The van der Waals surface area contributed by atoms with Crippen LogP contribution in [0.3, 0.4) is 0 Å². The SMILES string of the molecule is CCc1cccc2c([C@H](CC(=O)NCCCOC)c3ccc(Cl)cc3)c[nH]c12. The summed E-state index contributed by atoms with van der Waals surface area (Å²) in [5, 5.41) is 4.87. The van der Waals surface area contributed by atoms with Gasteiger partial charge in [0, 0.05) is 54.7 Å². The first-order valence-electron chi connectivity index (χ1n) is 9.74. The third-order valence-electron chi connectivity index (χ3n) is 5.10. The minimum absolute atomic E-state index is 0.0389. The number of hydrogen-bond donors (Lipinski definition) is 2. The molecule has 1 amide bonds. The summed E-state index contributed by atoms with van der Waals surface area (Å²) < 4.78 is 5.05. The molecular formula is C23H27ClN2O2. The van der Waals surface area contributed by atoms with Crippen molar-refractivity contribution in [1.29, 1.82) is 0 Å². The second kappa shape index (κ2) is 9.76. The molecule has 1 heterocycles. The Morgan fingerprint density at radius 3 is 2.71 bits per heavy atom. The number of aryl methyl sites for hydroxylation is 1. The normalized spacial score (nSPS) is 12.2. The van der Waals surface area contributed by atoms with Crippen LogP contribution in [0.5, 0.6) is 0 Å². The number of rotatable bonds is 9. The Morgan fingerprint density at radius 2 is 2.00 bits per heavy atom. The number of carbonyl (C=O) groups is 1. The van der Waals surface area contributed by atoms with Crippen LogP contribution >= 0.6 is 11.6 Å². The van der Waals surface area contributed by atoms with Crippen molar-refractivity contribution in [3.63, 3.8) is 0 Å². The number of aromatic nitrogens is 1. The predicted molar refractivity (Wildman–Crippen MR) is 115 cm³/mol. The largest absolute Gasteiger partial charge is 0.385 e. The Kier molecular flexibility index (Phi) is 7.12. The molecule has 148 valence electrons. The lowest BCUT2D eigenvalue weighted by molar-refractivity contribution is -0.121. The topological polar surface area (TPSA) is 54.1 Å². The average Bonchev–Trinajstić information content (AvgIpc) is 3.14. The average molecular weight is 399 g/mol. The van der Waals surface area contributed by atoms with E-state index in [-0.39, 0.29) is 11.8 Å². The number of halogens is 1. The fourth-order valence-corrected chi connectivity index (χ4v) is 3.75. The zero-order valence-corrected chi connectivity index (χ0v) is 17.2. The van der Waals surface area contributed by atoms with Crippen LogP contribution in [-0.2, 0) is 16.0 Å². The summed E-state index contributed by atoms with van der Waals surface area (Å²) in [5.41, 5.74) is 4.65. The zero-order chi connectivity index (χ0) is 19.9.